The van der Waals surface area contributed by atoms with Crippen LogP contribution in [0.5, 0.6) is 0 Å². The number of nitrogens with one attached hydrogen (secondary N) is 2. The number of thioether (sulfide) groups is 1. The molecule has 1 fully saturated rings. The summed E-state index contributed by atoms with van der Waals surface area (Å²) in [5, 5.41) is 12.2. The highest BCUT2D eigenvalue weighted by molar-refractivity contribution is 7.99. The Kier molecular flexibility index (Phi) is 5.46. The third-order valence-corrected chi connectivity index (χ3v) is 6.94. The van der Waals surface area contributed by atoms with Crippen LogP contribution in [0.15, 0.2) is 41.6 Å². The van der Waals surface area contributed by atoms with Gasteiger partial charge in [-0.1, -0.05) is 30.3 Å². The molecule has 5 rings (SSSR count). The Bertz CT molecular complexity index is 1300. The highest BCUT2D eigenvalue weighted by Gasteiger charge is 2.22. The number of carbonyl (C=O) groups excluding carboxylic acids is 1. The van der Waals surface area contributed by atoms with Crippen LogP contribution in [0.25, 0.3) is 16.7 Å². The number of nitrogens with zero attached hydrogens (tertiary/aromatic N) is 4. The average Bonchev–Trinajstić information content (AvgIpc) is 3.29. The number of aromatic amines is 1. The van der Waals surface area contributed by atoms with Gasteiger partial charge in [-0.2, -0.15) is 0 Å². The summed E-state index contributed by atoms with van der Waals surface area (Å²) in [5.41, 5.74) is 6.02. The quantitative estimate of drug-likeness (QED) is 0.404. The minimum atomic E-state index is -0.0822. The summed E-state index contributed by atoms with van der Waals surface area (Å²) in [5.74, 6) is 2.58. The number of imidazole rings is 1. The van der Waals surface area contributed by atoms with Crippen molar-refractivity contribution in [2.75, 3.05) is 11.1 Å². The van der Waals surface area contributed by atoms with Gasteiger partial charge in [0, 0.05) is 11.6 Å². The zero-order valence-electron chi connectivity index (χ0n) is 18.5. The Morgan fingerprint density at radius 2 is 2.00 bits per heavy atom. The van der Waals surface area contributed by atoms with Gasteiger partial charge < -0.3 is 10.3 Å². The zero-order valence-corrected chi connectivity index (χ0v) is 19.3. The lowest BCUT2D eigenvalue weighted by molar-refractivity contribution is -0.113. The van der Waals surface area contributed by atoms with E-state index in [4.69, 9.17) is 4.98 Å². The molecule has 1 aliphatic rings. The molecule has 0 atom stereocenters. The van der Waals surface area contributed by atoms with Crippen molar-refractivity contribution in [3.63, 3.8) is 0 Å². The van der Waals surface area contributed by atoms with E-state index in [0.29, 0.717) is 11.1 Å². The van der Waals surface area contributed by atoms with E-state index in [1.807, 2.05) is 29.7 Å². The molecule has 164 valence electrons. The van der Waals surface area contributed by atoms with E-state index in [9.17, 15) is 4.79 Å². The predicted octanol–water partition coefficient (Wildman–Crippen LogP) is 5.07. The largest absolute Gasteiger partial charge is 0.342 e. The molecule has 7 nitrogen and oxygen atoms in total. The molecular formula is C24H26N6OS. The van der Waals surface area contributed by atoms with E-state index in [1.54, 1.807) is 0 Å². The van der Waals surface area contributed by atoms with E-state index < -0.39 is 0 Å². The molecule has 1 saturated carbocycles. The van der Waals surface area contributed by atoms with E-state index in [1.165, 1.54) is 36.6 Å². The van der Waals surface area contributed by atoms with Crippen LogP contribution in [-0.2, 0) is 4.79 Å². The number of fused-ring (bicyclic) bond motifs is 1. The minimum absolute atomic E-state index is 0.0822. The second-order valence-electron chi connectivity index (χ2n) is 8.47. The number of amides is 1. The van der Waals surface area contributed by atoms with Crippen molar-refractivity contribution in [3.8, 4) is 5.69 Å². The molecule has 2 heterocycles. The van der Waals surface area contributed by atoms with Crippen LogP contribution in [-0.4, -0.2) is 36.4 Å². The van der Waals surface area contributed by atoms with Gasteiger partial charge in [0.15, 0.2) is 5.16 Å². The van der Waals surface area contributed by atoms with Crippen molar-refractivity contribution in [2.24, 2.45) is 0 Å². The average molecular weight is 447 g/mol. The SMILES string of the molecule is Cc1ccc(C)c(-n2c(C)nnc2SCC(=O)Nc2ccc3nc(C4CCC4)[nH]c3c2)c1. The summed E-state index contributed by atoms with van der Waals surface area (Å²) in [6.45, 7) is 6.06. The van der Waals surface area contributed by atoms with Gasteiger partial charge in [-0.25, -0.2) is 4.98 Å². The Morgan fingerprint density at radius 3 is 2.78 bits per heavy atom. The Labute approximate surface area is 191 Å². The van der Waals surface area contributed by atoms with Gasteiger partial charge in [-0.05, 0) is 69.0 Å². The smallest absolute Gasteiger partial charge is 0.234 e. The molecular weight excluding hydrogens is 420 g/mol. The monoisotopic (exact) mass is 446 g/mol. The van der Waals surface area contributed by atoms with E-state index >= 15 is 0 Å². The van der Waals surface area contributed by atoms with Crippen LogP contribution in [0.3, 0.4) is 0 Å². The van der Waals surface area contributed by atoms with Crippen molar-refractivity contribution >= 4 is 34.4 Å². The summed E-state index contributed by atoms with van der Waals surface area (Å²) < 4.78 is 2.01. The first kappa shape index (κ1) is 20.8. The molecule has 0 unspecified atom stereocenters. The standard InChI is InChI=1S/C24H26N6OS/c1-14-7-8-15(2)21(11-14)30-16(3)28-29-24(30)32-13-22(31)25-18-9-10-19-20(12-18)27-23(26-19)17-5-4-6-17/h7-12,17H,4-6,13H2,1-3H3,(H,25,31)(H,26,27). The number of benzene rings is 2. The van der Waals surface area contributed by atoms with Crippen molar-refractivity contribution in [2.45, 2.75) is 51.1 Å². The maximum Gasteiger partial charge on any atom is 0.234 e. The van der Waals surface area contributed by atoms with Crippen molar-refractivity contribution in [1.29, 1.82) is 0 Å². The topological polar surface area (TPSA) is 88.5 Å². The number of aromatic nitrogens is 5. The molecule has 1 aliphatic carbocycles. The number of hydrogen-bond donors (Lipinski definition) is 2. The molecule has 2 aromatic heterocycles. The maximum absolute atomic E-state index is 12.7. The van der Waals surface area contributed by atoms with Crippen LogP contribution in [0, 0.1) is 20.8 Å². The Balaban J connectivity index is 1.28. The van der Waals surface area contributed by atoms with Gasteiger partial charge in [-0.15, -0.1) is 10.2 Å². The van der Waals surface area contributed by atoms with Crippen LogP contribution in [0.1, 0.15) is 48.0 Å². The second kappa shape index (κ2) is 8.43. The molecule has 4 aromatic rings. The third kappa shape index (κ3) is 4.02. The Hall–Kier alpha value is -3.13. The maximum atomic E-state index is 12.7. The third-order valence-electron chi connectivity index (χ3n) is 6.01. The van der Waals surface area contributed by atoms with Crippen molar-refractivity contribution in [1.82, 2.24) is 24.7 Å². The fourth-order valence-electron chi connectivity index (χ4n) is 3.98. The predicted molar refractivity (Wildman–Crippen MR) is 128 cm³/mol. The van der Waals surface area contributed by atoms with Crippen molar-refractivity contribution in [3.05, 3.63) is 59.2 Å². The first-order valence-corrected chi connectivity index (χ1v) is 11.9. The van der Waals surface area contributed by atoms with Gasteiger partial charge in [0.2, 0.25) is 5.91 Å². The number of hydrogen-bond acceptors (Lipinski definition) is 5. The molecule has 0 aliphatic heterocycles. The minimum Gasteiger partial charge on any atom is -0.342 e. The van der Waals surface area contributed by atoms with Crippen molar-refractivity contribution < 1.29 is 4.79 Å². The van der Waals surface area contributed by atoms with E-state index in [0.717, 1.165) is 39.6 Å². The summed E-state index contributed by atoms with van der Waals surface area (Å²) >= 11 is 1.38. The molecule has 2 N–H and O–H groups in total. The highest BCUT2D eigenvalue weighted by Crippen LogP contribution is 2.35. The molecule has 0 bridgehead atoms. The van der Waals surface area contributed by atoms with Crippen LogP contribution < -0.4 is 5.32 Å². The summed E-state index contributed by atoms with van der Waals surface area (Å²) in [4.78, 5) is 20.8. The summed E-state index contributed by atoms with van der Waals surface area (Å²) in [7, 11) is 0. The lowest BCUT2D eigenvalue weighted by atomic mass is 9.85. The lowest BCUT2D eigenvalue weighted by Crippen LogP contribution is -2.14. The van der Waals surface area contributed by atoms with E-state index in [-0.39, 0.29) is 11.7 Å². The Morgan fingerprint density at radius 1 is 1.16 bits per heavy atom. The lowest BCUT2D eigenvalue weighted by Gasteiger charge is -2.22. The molecule has 1 amide bonds. The van der Waals surface area contributed by atoms with E-state index in [2.05, 4.69) is 52.5 Å². The van der Waals surface area contributed by atoms with Crippen LogP contribution in [0.4, 0.5) is 5.69 Å². The normalized spacial score (nSPS) is 14.0. The summed E-state index contributed by atoms with van der Waals surface area (Å²) in [6, 6.07) is 12.1. The van der Waals surface area contributed by atoms with Gasteiger partial charge in [0.25, 0.3) is 0 Å². The van der Waals surface area contributed by atoms with Gasteiger partial charge >= 0.3 is 0 Å². The van der Waals surface area contributed by atoms with Crippen LogP contribution >= 0.6 is 11.8 Å². The fraction of sp³-hybridized carbons (Fsp3) is 0.333. The van der Waals surface area contributed by atoms with Gasteiger partial charge in [-0.3, -0.25) is 9.36 Å². The van der Waals surface area contributed by atoms with Crippen LogP contribution in [0.2, 0.25) is 0 Å². The number of H-pyrrole nitrogens is 1. The molecule has 0 radical (unpaired) electrons. The highest BCUT2D eigenvalue weighted by atomic mass is 32.2. The molecule has 32 heavy (non-hydrogen) atoms. The molecule has 8 heteroatoms. The molecule has 2 aromatic carbocycles. The molecule has 0 spiro atoms. The van der Waals surface area contributed by atoms with Gasteiger partial charge in [0.1, 0.15) is 11.6 Å². The zero-order chi connectivity index (χ0) is 22.2. The number of aryl methyl sites for hydroxylation is 3. The number of anilines is 1. The fourth-order valence-corrected chi connectivity index (χ4v) is 4.77. The van der Waals surface area contributed by atoms with Gasteiger partial charge in [0.05, 0.1) is 22.5 Å². The second-order valence-corrected chi connectivity index (χ2v) is 9.42. The number of carbonyl (C=O) groups is 1. The number of rotatable bonds is 6. The first-order chi connectivity index (χ1) is 15.5. The summed E-state index contributed by atoms with van der Waals surface area (Å²) in [6.07, 6.45) is 3.68. The molecule has 0 saturated heterocycles. The first-order valence-electron chi connectivity index (χ1n) is 10.9.